The highest BCUT2D eigenvalue weighted by Crippen LogP contribution is 2.31. The number of benzene rings is 1. The van der Waals surface area contributed by atoms with Crippen LogP contribution in [0.2, 0.25) is 0 Å². The predicted octanol–water partition coefficient (Wildman–Crippen LogP) is 2.46. The molecule has 0 aliphatic carbocycles. The van der Waals surface area contributed by atoms with Gasteiger partial charge >= 0.3 is 0 Å². The minimum absolute atomic E-state index is 0.376. The Labute approximate surface area is 127 Å². The molecular weight excluding hydrogens is 286 g/mol. The monoisotopic (exact) mass is 311 g/mol. The van der Waals surface area contributed by atoms with Crippen LogP contribution in [0.5, 0.6) is 0 Å². The topological polar surface area (TPSA) is 57.6 Å². The highest BCUT2D eigenvalue weighted by molar-refractivity contribution is 7.89. The van der Waals surface area contributed by atoms with Gasteiger partial charge in [0, 0.05) is 13.1 Å². The van der Waals surface area contributed by atoms with E-state index in [4.69, 9.17) is 0 Å². The summed E-state index contributed by atoms with van der Waals surface area (Å²) in [7, 11) is -3.50. The van der Waals surface area contributed by atoms with Gasteiger partial charge < -0.3 is 5.11 Å². The Morgan fingerprint density at radius 1 is 1.05 bits per heavy atom. The van der Waals surface area contributed by atoms with E-state index in [1.54, 1.807) is 6.92 Å². The molecule has 1 N–H and O–H groups in total. The van der Waals surface area contributed by atoms with Gasteiger partial charge in [0.05, 0.1) is 10.5 Å². The van der Waals surface area contributed by atoms with Crippen molar-refractivity contribution < 1.29 is 13.5 Å². The molecule has 1 aliphatic heterocycles. The molecule has 1 fully saturated rings. The van der Waals surface area contributed by atoms with Crippen LogP contribution in [0.3, 0.4) is 0 Å². The summed E-state index contributed by atoms with van der Waals surface area (Å²) in [6.45, 7) is 10.2. The molecule has 0 unspecified atom stereocenters. The van der Waals surface area contributed by atoms with Crippen LogP contribution in [-0.2, 0) is 10.0 Å². The van der Waals surface area contributed by atoms with Crippen molar-refractivity contribution in [3.8, 4) is 0 Å². The lowest BCUT2D eigenvalue weighted by atomic mass is 9.95. The molecule has 0 radical (unpaired) electrons. The molecule has 4 nitrogen and oxygen atoms in total. The molecule has 0 amide bonds. The zero-order valence-corrected chi connectivity index (χ0v) is 14.3. The maximum Gasteiger partial charge on any atom is 0.243 e. The van der Waals surface area contributed by atoms with Crippen LogP contribution in [0.4, 0.5) is 0 Å². The Hall–Kier alpha value is -0.910. The van der Waals surface area contributed by atoms with Crippen LogP contribution >= 0.6 is 0 Å². The zero-order chi connectivity index (χ0) is 16.0. The van der Waals surface area contributed by atoms with E-state index in [-0.39, 0.29) is 0 Å². The van der Waals surface area contributed by atoms with Crippen LogP contribution in [0.15, 0.2) is 11.0 Å². The summed E-state index contributed by atoms with van der Waals surface area (Å²) in [6, 6.07) is 2.03. The molecule has 0 saturated carbocycles. The number of piperidine rings is 1. The van der Waals surface area contributed by atoms with Crippen LogP contribution in [-0.4, -0.2) is 36.5 Å². The van der Waals surface area contributed by atoms with Crippen LogP contribution < -0.4 is 0 Å². The Bertz CT molecular complexity index is 626. The number of hydrogen-bond acceptors (Lipinski definition) is 3. The summed E-state index contributed by atoms with van der Waals surface area (Å²) in [4.78, 5) is 0.446. The Kier molecular flexibility index (Phi) is 4.21. The largest absolute Gasteiger partial charge is 0.390 e. The van der Waals surface area contributed by atoms with Crippen molar-refractivity contribution in [1.82, 2.24) is 4.31 Å². The second-order valence-electron chi connectivity index (χ2n) is 6.49. The standard InChI is InChI=1S/C16H25NO3S/c1-11-10-12(2)14(4)15(13(11)3)21(19,20)17-8-6-16(5,18)7-9-17/h10,18H,6-9H2,1-5H3. The van der Waals surface area contributed by atoms with Gasteiger partial charge in [-0.15, -0.1) is 0 Å². The van der Waals surface area contributed by atoms with Gasteiger partial charge in [0.25, 0.3) is 0 Å². The van der Waals surface area contributed by atoms with Gasteiger partial charge in [0.15, 0.2) is 0 Å². The molecule has 21 heavy (non-hydrogen) atoms. The molecule has 5 heteroatoms. The van der Waals surface area contributed by atoms with Crippen LogP contribution in [0.1, 0.15) is 42.0 Å². The van der Waals surface area contributed by atoms with Gasteiger partial charge in [-0.3, -0.25) is 0 Å². The second kappa shape index (κ2) is 5.38. The quantitative estimate of drug-likeness (QED) is 0.913. The van der Waals surface area contributed by atoms with Crippen molar-refractivity contribution in [3.05, 3.63) is 28.3 Å². The molecule has 1 aliphatic rings. The maximum absolute atomic E-state index is 13.0. The van der Waals surface area contributed by atoms with Gasteiger partial charge in [-0.05, 0) is 69.7 Å². The van der Waals surface area contributed by atoms with Gasteiger partial charge in [0.2, 0.25) is 10.0 Å². The second-order valence-corrected chi connectivity index (χ2v) is 8.37. The molecule has 1 aromatic carbocycles. The summed E-state index contributed by atoms with van der Waals surface area (Å²) in [5.41, 5.74) is 2.91. The lowest BCUT2D eigenvalue weighted by Crippen LogP contribution is -2.45. The summed E-state index contributed by atoms with van der Waals surface area (Å²) in [6.07, 6.45) is 0.963. The Morgan fingerprint density at radius 3 is 1.90 bits per heavy atom. The fraction of sp³-hybridized carbons (Fsp3) is 0.625. The molecule has 0 bridgehead atoms. The van der Waals surface area contributed by atoms with E-state index in [1.807, 2.05) is 33.8 Å². The third-order valence-electron chi connectivity index (χ3n) is 4.69. The lowest BCUT2D eigenvalue weighted by Gasteiger charge is -2.35. The third-order valence-corrected chi connectivity index (χ3v) is 6.87. The Balaban J connectivity index is 2.47. The normalized spacial score (nSPS) is 19.7. The van der Waals surface area contributed by atoms with Crippen molar-refractivity contribution in [2.45, 2.75) is 58.0 Å². The first-order valence-corrected chi connectivity index (χ1v) is 8.80. The number of aryl methyl sites for hydroxylation is 2. The minimum Gasteiger partial charge on any atom is -0.390 e. The first kappa shape index (κ1) is 16.5. The highest BCUT2D eigenvalue weighted by Gasteiger charge is 2.35. The SMILES string of the molecule is Cc1cc(C)c(C)c(S(=O)(=O)N2CCC(C)(O)CC2)c1C. The fourth-order valence-corrected chi connectivity index (χ4v) is 4.92. The van der Waals surface area contributed by atoms with Crippen LogP contribution in [0, 0.1) is 27.7 Å². The van der Waals surface area contributed by atoms with E-state index in [1.165, 1.54) is 4.31 Å². The van der Waals surface area contributed by atoms with Gasteiger partial charge in [-0.1, -0.05) is 6.07 Å². The van der Waals surface area contributed by atoms with Crippen molar-refractivity contribution in [2.75, 3.05) is 13.1 Å². The van der Waals surface area contributed by atoms with E-state index in [9.17, 15) is 13.5 Å². The van der Waals surface area contributed by atoms with Crippen LogP contribution in [0.25, 0.3) is 0 Å². The first-order chi connectivity index (χ1) is 9.56. The van der Waals surface area contributed by atoms with Gasteiger partial charge in [-0.25, -0.2) is 8.42 Å². The fourth-order valence-electron chi connectivity index (χ4n) is 2.90. The average molecular weight is 311 g/mol. The molecule has 118 valence electrons. The lowest BCUT2D eigenvalue weighted by molar-refractivity contribution is 0.0126. The molecule has 0 aromatic heterocycles. The number of nitrogens with zero attached hydrogens (tertiary/aromatic N) is 1. The first-order valence-electron chi connectivity index (χ1n) is 7.36. The zero-order valence-electron chi connectivity index (χ0n) is 13.5. The van der Waals surface area contributed by atoms with Crippen molar-refractivity contribution in [1.29, 1.82) is 0 Å². The van der Waals surface area contributed by atoms with E-state index in [0.717, 1.165) is 22.3 Å². The van der Waals surface area contributed by atoms with E-state index in [2.05, 4.69) is 0 Å². The molecule has 1 heterocycles. The summed E-state index contributed by atoms with van der Waals surface area (Å²) < 4.78 is 27.5. The number of hydrogen-bond donors (Lipinski definition) is 1. The molecule has 1 aromatic rings. The molecule has 0 spiro atoms. The molecule has 1 saturated heterocycles. The van der Waals surface area contributed by atoms with Crippen molar-refractivity contribution in [2.24, 2.45) is 0 Å². The molecule has 2 rings (SSSR count). The Morgan fingerprint density at radius 2 is 1.48 bits per heavy atom. The maximum atomic E-state index is 13.0. The van der Waals surface area contributed by atoms with Crippen molar-refractivity contribution >= 4 is 10.0 Å². The number of aliphatic hydroxyl groups is 1. The van der Waals surface area contributed by atoms with Gasteiger partial charge in [0.1, 0.15) is 0 Å². The molecule has 0 atom stereocenters. The summed E-state index contributed by atoms with van der Waals surface area (Å²) in [5.74, 6) is 0. The summed E-state index contributed by atoms with van der Waals surface area (Å²) in [5, 5.41) is 10.0. The predicted molar refractivity (Wildman–Crippen MR) is 84.0 cm³/mol. The number of sulfonamides is 1. The van der Waals surface area contributed by atoms with Gasteiger partial charge in [-0.2, -0.15) is 4.31 Å². The summed E-state index contributed by atoms with van der Waals surface area (Å²) >= 11 is 0. The highest BCUT2D eigenvalue weighted by atomic mass is 32.2. The van der Waals surface area contributed by atoms with Crippen molar-refractivity contribution in [3.63, 3.8) is 0 Å². The average Bonchev–Trinajstić information content (AvgIpc) is 2.36. The third kappa shape index (κ3) is 3.00. The van der Waals surface area contributed by atoms with E-state index >= 15 is 0 Å². The minimum atomic E-state index is -3.50. The smallest absolute Gasteiger partial charge is 0.243 e. The molecular formula is C16H25NO3S. The number of rotatable bonds is 2. The van der Waals surface area contributed by atoms with E-state index in [0.29, 0.717) is 30.8 Å². The van der Waals surface area contributed by atoms with E-state index < -0.39 is 15.6 Å².